The van der Waals surface area contributed by atoms with E-state index in [2.05, 4.69) is 20.9 Å². The summed E-state index contributed by atoms with van der Waals surface area (Å²) < 4.78 is 1.01. The number of aryl methyl sites for hydroxylation is 1. The van der Waals surface area contributed by atoms with E-state index in [9.17, 15) is 4.79 Å². The van der Waals surface area contributed by atoms with E-state index in [4.69, 9.17) is 5.11 Å². The van der Waals surface area contributed by atoms with Gasteiger partial charge in [0.15, 0.2) is 0 Å². The quantitative estimate of drug-likeness (QED) is 0.937. The first-order valence-corrected chi connectivity index (χ1v) is 6.76. The Balaban J connectivity index is 2.48. The van der Waals surface area contributed by atoms with Gasteiger partial charge in [-0.05, 0) is 40.5 Å². The highest BCUT2D eigenvalue weighted by molar-refractivity contribution is 9.10. The summed E-state index contributed by atoms with van der Waals surface area (Å²) in [7, 11) is 0. The smallest absolute Gasteiger partial charge is 0.337 e. The number of aromatic carboxylic acids is 1. The number of nitrogens with zero attached hydrogens (tertiary/aromatic N) is 1. The van der Waals surface area contributed by atoms with Crippen molar-refractivity contribution in [2.75, 3.05) is 0 Å². The average molecular weight is 312 g/mol. The van der Waals surface area contributed by atoms with E-state index in [-0.39, 0.29) is 5.56 Å². The normalized spacial score (nSPS) is 10.5. The maximum atomic E-state index is 11.0. The molecular formula is C12H10BrNO2S. The van der Waals surface area contributed by atoms with Crippen LogP contribution >= 0.6 is 27.3 Å². The van der Waals surface area contributed by atoms with Crippen LogP contribution < -0.4 is 0 Å². The summed E-state index contributed by atoms with van der Waals surface area (Å²) in [4.78, 5) is 16.4. The standard InChI is InChI=1S/C12H10BrNO2S/c1-2-9-8(12(15)16)3-4-10(14-9)11-5-7(13)6-17-11/h3-6H,2H2,1H3,(H,15,16). The first-order valence-electron chi connectivity index (χ1n) is 5.09. The summed E-state index contributed by atoms with van der Waals surface area (Å²) in [6.07, 6.45) is 0.613. The minimum absolute atomic E-state index is 0.284. The van der Waals surface area contributed by atoms with Gasteiger partial charge in [-0.1, -0.05) is 6.92 Å². The molecule has 0 spiro atoms. The van der Waals surface area contributed by atoms with E-state index in [1.807, 2.05) is 18.4 Å². The van der Waals surface area contributed by atoms with Crippen molar-refractivity contribution in [3.63, 3.8) is 0 Å². The summed E-state index contributed by atoms with van der Waals surface area (Å²) in [5.74, 6) is -0.923. The van der Waals surface area contributed by atoms with Gasteiger partial charge in [-0.2, -0.15) is 0 Å². The number of hydrogen-bond donors (Lipinski definition) is 1. The highest BCUT2D eigenvalue weighted by Crippen LogP contribution is 2.29. The molecular weight excluding hydrogens is 302 g/mol. The van der Waals surface area contributed by atoms with Gasteiger partial charge in [0, 0.05) is 9.85 Å². The van der Waals surface area contributed by atoms with Gasteiger partial charge in [0.25, 0.3) is 0 Å². The molecule has 17 heavy (non-hydrogen) atoms. The number of rotatable bonds is 3. The third-order valence-corrected chi connectivity index (χ3v) is 4.07. The van der Waals surface area contributed by atoms with Crippen LogP contribution in [0.3, 0.4) is 0 Å². The Kier molecular flexibility index (Phi) is 3.59. The van der Waals surface area contributed by atoms with Gasteiger partial charge >= 0.3 is 5.97 Å². The number of pyridine rings is 1. The molecule has 2 rings (SSSR count). The molecule has 0 amide bonds. The van der Waals surface area contributed by atoms with Crippen molar-refractivity contribution in [3.05, 3.63) is 39.3 Å². The van der Waals surface area contributed by atoms with E-state index >= 15 is 0 Å². The van der Waals surface area contributed by atoms with Crippen molar-refractivity contribution in [2.45, 2.75) is 13.3 Å². The molecule has 2 heterocycles. The summed E-state index contributed by atoms with van der Waals surface area (Å²) >= 11 is 4.97. The maximum absolute atomic E-state index is 11.0. The number of carbonyl (C=O) groups is 1. The lowest BCUT2D eigenvalue weighted by molar-refractivity contribution is 0.0695. The summed E-state index contributed by atoms with van der Waals surface area (Å²) in [5.41, 5.74) is 1.73. The van der Waals surface area contributed by atoms with Crippen molar-refractivity contribution < 1.29 is 9.90 Å². The first kappa shape index (κ1) is 12.3. The molecule has 0 saturated heterocycles. The largest absolute Gasteiger partial charge is 0.478 e. The molecule has 0 aliphatic heterocycles. The van der Waals surface area contributed by atoms with Gasteiger partial charge in [0.05, 0.1) is 21.8 Å². The fourth-order valence-corrected chi connectivity index (χ4v) is 2.95. The molecule has 0 unspecified atom stereocenters. The molecule has 0 radical (unpaired) electrons. The van der Waals surface area contributed by atoms with E-state index in [0.717, 1.165) is 15.0 Å². The molecule has 3 nitrogen and oxygen atoms in total. The second-order valence-corrected chi connectivity index (χ2v) is 5.31. The fraction of sp³-hybridized carbons (Fsp3) is 0.167. The topological polar surface area (TPSA) is 50.2 Å². The average Bonchev–Trinajstić information content (AvgIpc) is 2.75. The monoisotopic (exact) mass is 311 g/mol. The van der Waals surface area contributed by atoms with Crippen molar-refractivity contribution >= 4 is 33.2 Å². The van der Waals surface area contributed by atoms with Gasteiger partial charge in [0.1, 0.15) is 0 Å². The minimum Gasteiger partial charge on any atom is -0.478 e. The van der Waals surface area contributed by atoms with Crippen LogP contribution in [-0.4, -0.2) is 16.1 Å². The van der Waals surface area contributed by atoms with Gasteiger partial charge < -0.3 is 5.11 Å². The molecule has 2 aromatic heterocycles. The third-order valence-electron chi connectivity index (χ3n) is 2.36. The van der Waals surface area contributed by atoms with Crippen molar-refractivity contribution in [1.29, 1.82) is 0 Å². The molecule has 5 heteroatoms. The number of carboxylic acid groups (broad SMARTS) is 1. The van der Waals surface area contributed by atoms with Crippen LogP contribution in [0.5, 0.6) is 0 Å². The van der Waals surface area contributed by atoms with Crippen LogP contribution in [0, 0.1) is 0 Å². The fourth-order valence-electron chi connectivity index (χ4n) is 1.55. The number of carboxylic acids is 1. The molecule has 0 aliphatic carbocycles. The predicted molar refractivity (Wildman–Crippen MR) is 71.6 cm³/mol. The zero-order valence-corrected chi connectivity index (χ0v) is 11.5. The molecule has 0 aliphatic rings. The second-order valence-electron chi connectivity index (χ2n) is 3.48. The summed E-state index contributed by atoms with van der Waals surface area (Å²) in [6, 6.07) is 5.35. The molecule has 0 aromatic carbocycles. The van der Waals surface area contributed by atoms with Crippen LogP contribution in [-0.2, 0) is 6.42 Å². The molecule has 0 atom stereocenters. The third kappa shape index (κ3) is 2.56. The Morgan fingerprint density at radius 3 is 2.82 bits per heavy atom. The van der Waals surface area contributed by atoms with E-state index in [1.165, 1.54) is 0 Å². The molecule has 1 N–H and O–H groups in total. The van der Waals surface area contributed by atoms with Crippen LogP contribution in [0.2, 0.25) is 0 Å². The van der Waals surface area contributed by atoms with E-state index < -0.39 is 5.97 Å². The number of hydrogen-bond acceptors (Lipinski definition) is 3. The molecule has 2 aromatic rings. The van der Waals surface area contributed by atoms with E-state index in [1.54, 1.807) is 23.5 Å². The zero-order valence-electron chi connectivity index (χ0n) is 9.11. The molecule has 0 bridgehead atoms. The van der Waals surface area contributed by atoms with E-state index in [0.29, 0.717) is 12.1 Å². The minimum atomic E-state index is -0.923. The predicted octanol–water partition coefficient (Wildman–Crippen LogP) is 3.83. The highest BCUT2D eigenvalue weighted by atomic mass is 79.9. The number of halogens is 1. The van der Waals surface area contributed by atoms with Gasteiger partial charge in [0.2, 0.25) is 0 Å². The lowest BCUT2D eigenvalue weighted by Gasteiger charge is -2.04. The van der Waals surface area contributed by atoms with Crippen molar-refractivity contribution in [2.24, 2.45) is 0 Å². The van der Waals surface area contributed by atoms with Crippen LogP contribution in [0.4, 0.5) is 0 Å². The number of aromatic nitrogens is 1. The lowest BCUT2D eigenvalue weighted by Crippen LogP contribution is -2.04. The highest BCUT2D eigenvalue weighted by Gasteiger charge is 2.12. The Morgan fingerprint density at radius 1 is 1.53 bits per heavy atom. The lowest BCUT2D eigenvalue weighted by atomic mass is 10.1. The summed E-state index contributed by atoms with van der Waals surface area (Å²) in [6.45, 7) is 1.91. The van der Waals surface area contributed by atoms with Gasteiger partial charge in [-0.25, -0.2) is 4.79 Å². The van der Waals surface area contributed by atoms with Crippen molar-refractivity contribution in [3.8, 4) is 10.6 Å². The Labute approximate surface area is 111 Å². The second kappa shape index (κ2) is 4.98. The number of thiophene rings is 1. The molecule has 88 valence electrons. The van der Waals surface area contributed by atoms with Gasteiger partial charge in [-0.15, -0.1) is 11.3 Å². The first-order chi connectivity index (χ1) is 8.11. The Hall–Kier alpha value is -1.20. The van der Waals surface area contributed by atoms with Gasteiger partial charge in [-0.3, -0.25) is 4.98 Å². The maximum Gasteiger partial charge on any atom is 0.337 e. The summed E-state index contributed by atoms with van der Waals surface area (Å²) in [5, 5.41) is 11.0. The SMILES string of the molecule is CCc1nc(-c2cc(Br)cs2)ccc1C(=O)O. The zero-order chi connectivity index (χ0) is 12.4. The van der Waals surface area contributed by atoms with Crippen LogP contribution in [0.25, 0.3) is 10.6 Å². The van der Waals surface area contributed by atoms with Crippen LogP contribution in [0.15, 0.2) is 28.1 Å². The van der Waals surface area contributed by atoms with Crippen LogP contribution in [0.1, 0.15) is 23.0 Å². The molecule has 0 saturated carbocycles. The Bertz CT molecular complexity index is 565. The Morgan fingerprint density at radius 2 is 2.29 bits per heavy atom. The van der Waals surface area contributed by atoms with Crippen molar-refractivity contribution in [1.82, 2.24) is 4.98 Å². The molecule has 0 fully saturated rings.